The molecule has 0 aromatic heterocycles. The van der Waals surface area contributed by atoms with E-state index in [-0.39, 0.29) is 17.9 Å². The molecule has 2 rings (SSSR count). The standard InChI is InChI=1S/C23H36N2O2/c1-15(2)19-11-10-16(3)14-20(19)22(26)13-12-21(25-23(27)17(4)24)18-8-6-5-7-9-18/h5-9,15-17,19-21H,10-14,24H2,1-4H3,(H,25,27)/t16-,17-,19+,20-,21-/m1/s1. The van der Waals surface area contributed by atoms with Crippen LogP contribution in [0.1, 0.15) is 71.4 Å². The van der Waals surface area contributed by atoms with Crippen LogP contribution in [0.4, 0.5) is 0 Å². The van der Waals surface area contributed by atoms with Gasteiger partial charge in [-0.15, -0.1) is 0 Å². The van der Waals surface area contributed by atoms with Gasteiger partial charge in [0.05, 0.1) is 12.1 Å². The lowest BCUT2D eigenvalue weighted by Crippen LogP contribution is -2.40. The van der Waals surface area contributed by atoms with Gasteiger partial charge in [-0.3, -0.25) is 9.59 Å². The van der Waals surface area contributed by atoms with Gasteiger partial charge in [0.1, 0.15) is 5.78 Å². The number of Topliss-reactive ketones (excluding diaryl/α,β-unsaturated/α-hetero) is 1. The van der Waals surface area contributed by atoms with Crippen LogP contribution in [0, 0.1) is 23.7 Å². The van der Waals surface area contributed by atoms with Gasteiger partial charge in [0.15, 0.2) is 0 Å². The molecule has 0 spiro atoms. The van der Waals surface area contributed by atoms with Crippen LogP contribution in [0.2, 0.25) is 0 Å². The van der Waals surface area contributed by atoms with E-state index in [1.54, 1.807) is 6.92 Å². The molecule has 1 aliphatic carbocycles. The van der Waals surface area contributed by atoms with E-state index in [2.05, 4.69) is 26.1 Å². The summed E-state index contributed by atoms with van der Waals surface area (Å²) in [5.74, 6) is 1.99. The molecule has 1 amide bonds. The van der Waals surface area contributed by atoms with Crippen molar-refractivity contribution in [3.05, 3.63) is 35.9 Å². The summed E-state index contributed by atoms with van der Waals surface area (Å²) in [7, 11) is 0. The first-order valence-corrected chi connectivity index (χ1v) is 10.4. The minimum absolute atomic E-state index is 0.161. The van der Waals surface area contributed by atoms with Crippen LogP contribution in [0.25, 0.3) is 0 Å². The Bertz CT molecular complexity index is 612. The topological polar surface area (TPSA) is 72.2 Å². The molecule has 1 aliphatic rings. The second-order valence-corrected chi connectivity index (χ2v) is 8.70. The zero-order valence-electron chi connectivity index (χ0n) is 17.3. The van der Waals surface area contributed by atoms with Crippen molar-refractivity contribution in [3.8, 4) is 0 Å². The number of carbonyl (C=O) groups is 2. The van der Waals surface area contributed by atoms with Crippen LogP contribution in [0.3, 0.4) is 0 Å². The Hall–Kier alpha value is -1.68. The predicted molar refractivity (Wildman–Crippen MR) is 110 cm³/mol. The Morgan fingerprint density at radius 3 is 2.41 bits per heavy atom. The Morgan fingerprint density at radius 2 is 1.81 bits per heavy atom. The lowest BCUT2D eigenvalue weighted by Gasteiger charge is -2.36. The molecule has 150 valence electrons. The van der Waals surface area contributed by atoms with Crippen LogP contribution in [0.15, 0.2) is 30.3 Å². The number of rotatable bonds is 8. The van der Waals surface area contributed by atoms with E-state index >= 15 is 0 Å². The quantitative estimate of drug-likeness (QED) is 0.716. The molecule has 0 unspecified atom stereocenters. The summed E-state index contributed by atoms with van der Waals surface area (Å²) in [6.45, 7) is 8.40. The van der Waals surface area contributed by atoms with Crippen LogP contribution >= 0.6 is 0 Å². The number of benzene rings is 1. The summed E-state index contributed by atoms with van der Waals surface area (Å²) < 4.78 is 0. The largest absolute Gasteiger partial charge is 0.348 e. The molecule has 1 aromatic rings. The third-order valence-electron chi connectivity index (χ3n) is 6.05. The van der Waals surface area contributed by atoms with Gasteiger partial charge in [-0.1, -0.05) is 57.5 Å². The third-order valence-corrected chi connectivity index (χ3v) is 6.05. The van der Waals surface area contributed by atoms with E-state index in [0.29, 0.717) is 36.4 Å². The molecule has 4 heteroatoms. The molecule has 5 atom stereocenters. The van der Waals surface area contributed by atoms with Crippen molar-refractivity contribution in [2.75, 3.05) is 0 Å². The lowest BCUT2D eigenvalue weighted by atomic mass is 9.68. The highest BCUT2D eigenvalue weighted by molar-refractivity contribution is 5.82. The van der Waals surface area contributed by atoms with Crippen molar-refractivity contribution in [3.63, 3.8) is 0 Å². The summed E-state index contributed by atoms with van der Waals surface area (Å²) in [5.41, 5.74) is 6.75. The maximum atomic E-state index is 13.1. The summed E-state index contributed by atoms with van der Waals surface area (Å²) in [4.78, 5) is 25.2. The molecule has 1 fully saturated rings. The zero-order chi connectivity index (χ0) is 20.0. The minimum Gasteiger partial charge on any atom is -0.348 e. The maximum Gasteiger partial charge on any atom is 0.237 e. The molecule has 3 N–H and O–H groups in total. The van der Waals surface area contributed by atoms with E-state index in [4.69, 9.17) is 5.73 Å². The van der Waals surface area contributed by atoms with E-state index in [1.165, 1.54) is 6.42 Å². The number of carbonyl (C=O) groups excluding carboxylic acids is 2. The number of hydrogen-bond acceptors (Lipinski definition) is 3. The third kappa shape index (κ3) is 6.17. The lowest BCUT2D eigenvalue weighted by molar-refractivity contribution is -0.128. The van der Waals surface area contributed by atoms with Crippen molar-refractivity contribution in [1.29, 1.82) is 0 Å². The molecule has 0 bridgehead atoms. The number of amides is 1. The van der Waals surface area contributed by atoms with Gasteiger partial charge in [-0.25, -0.2) is 0 Å². The van der Waals surface area contributed by atoms with Gasteiger partial charge in [0.2, 0.25) is 5.91 Å². The summed E-state index contributed by atoms with van der Waals surface area (Å²) in [5, 5.41) is 3.02. The predicted octanol–water partition coefficient (Wildman–Crippen LogP) is 4.25. The Kier molecular flexibility index (Phi) is 8.03. The highest BCUT2D eigenvalue weighted by atomic mass is 16.2. The minimum atomic E-state index is -0.559. The number of hydrogen-bond donors (Lipinski definition) is 2. The fourth-order valence-corrected chi connectivity index (χ4v) is 4.36. The van der Waals surface area contributed by atoms with Crippen LogP contribution in [-0.4, -0.2) is 17.7 Å². The highest BCUT2D eigenvalue weighted by Gasteiger charge is 2.35. The van der Waals surface area contributed by atoms with Gasteiger partial charge in [0, 0.05) is 12.3 Å². The van der Waals surface area contributed by atoms with Crippen molar-refractivity contribution >= 4 is 11.7 Å². The Morgan fingerprint density at radius 1 is 1.15 bits per heavy atom. The number of ketones is 1. The normalized spacial score (nSPS) is 25.0. The monoisotopic (exact) mass is 372 g/mol. The zero-order valence-corrected chi connectivity index (χ0v) is 17.3. The molecule has 1 aromatic carbocycles. The Balaban J connectivity index is 2.06. The molecule has 27 heavy (non-hydrogen) atoms. The second-order valence-electron chi connectivity index (χ2n) is 8.70. The van der Waals surface area contributed by atoms with E-state index in [0.717, 1.165) is 18.4 Å². The first-order valence-electron chi connectivity index (χ1n) is 10.4. The molecule has 1 saturated carbocycles. The smallest absolute Gasteiger partial charge is 0.237 e. The van der Waals surface area contributed by atoms with Gasteiger partial charge in [-0.05, 0) is 49.5 Å². The molecule has 4 nitrogen and oxygen atoms in total. The first-order chi connectivity index (χ1) is 12.8. The van der Waals surface area contributed by atoms with Gasteiger partial charge in [0.25, 0.3) is 0 Å². The number of nitrogens with two attached hydrogens (primary N) is 1. The second kappa shape index (κ2) is 10.0. The van der Waals surface area contributed by atoms with Crippen molar-refractivity contribution in [1.82, 2.24) is 5.32 Å². The van der Waals surface area contributed by atoms with Gasteiger partial charge >= 0.3 is 0 Å². The molecular formula is C23H36N2O2. The van der Waals surface area contributed by atoms with E-state index < -0.39 is 6.04 Å². The summed E-state index contributed by atoms with van der Waals surface area (Å²) >= 11 is 0. The SMILES string of the molecule is CC(C)[C@@H]1CC[C@@H](C)C[C@H]1C(=O)CC[C@@H](NC(=O)[C@@H](C)N)c1ccccc1. The van der Waals surface area contributed by atoms with E-state index in [1.807, 2.05) is 30.3 Å². The van der Waals surface area contributed by atoms with Crippen molar-refractivity contribution in [2.45, 2.75) is 71.9 Å². The average molecular weight is 373 g/mol. The average Bonchev–Trinajstić information content (AvgIpc) is 2.64. The fourth-order valence-electron chi connectivity index (χ4n) is 4.36. The van der Waals surface area contributed by atoms with Crippen LogP contribution < -0.4 is 11.1 Å². The Labute approximate surface area is 164 Å². The molecule has 0 radical (unpaired) electrons. The summed E-state index contributed by atoms with van der Waals surface area (Å²) in [6.07, 6.45) is 4.50. The molecule has 0 saturated heterocycles. The van der Waals surface area contributed by atoms with Crippen LogP contribution in [-0.2, 0) is 9.59 Å². The summed E-state index contributed by atoms with van der Waals surface area (Å²) in [6, 6.07) is 9.13. The van der Waals surface area contributed by atoms with Gasteiger partial charge in [-0.2, -0.15) is 0 Å². The number of nitrogens with one attached hydrogen (secondary N) is 1. The first kappa shape index (κ1) is 21.6. The van der Waals surface area contributed by atoms with Gasteiger partial charge < -0.3 is 11.1 Å². The van der Waals surface area contributed by atoms with E-state index in [9.17, 15) is 9.59 Å². The maximum absolute atomic E-state index is 13.1. The molecule has 0 heterocycles. The fraction of sp³-hybridized carbons (Fsp3) is 0.652. The highest BCUT2D eigenvalue weighted by Crippen LogP contribution is 2.39. The molecular weight excluding hydrogens is 336 g/mol. The van der Waals surface area contributed by atoms with Crippen molar-refractivity contribution < 1.29 is 9.59 Å². The van der Waals surface area contributed by atoms with Crippen molar-refractivity contribution in [2.24, 2.45) is 29.4 Å². The molecule has 0 aliphatic heterocycles. The van der Waals surface area contributed by atoms with Crippen LogP contribution in [0.5, 0.6) is 0 Å².